The van der Waals surface area contributed by atoms with Crippen molar-refractivity contribution in [1.29, 1.82) is 0 Å². The third-order valence-corrected chi connectivity index (χ3v) is 3.74. The van der Waals surface area contributed by atoms with Gasteiger partial charge in [0.2, 0.25) is 0 Å². The summed E-state index contributed by atoms with van der Waals surface area (Å²) in [6, 6.07) is 4.09. The third kappa shape index (κ3) is 2.27. The first kappa shape index (κ1) is 13.1. The lowest BCUT2D eigenvalue weighted by molar-refractivity contribution is 0.0676. The zero-order valence-corrected chi connectivity index (χ0v) is 11.4. The highest BCUT2D eigenvalue weighted by Gasteiger charge is 2.30. The summed E-state index contributed by atoms with van der Waals surface area (Å²) < 4.78 is 0. The number of aliphatic hydroxyl groups excluding tert-OH is 1. The zero-order valence-electron chi connectivity index (χ0n) is 11.4. The Bertz CT molecular complexity index is 445. The molecule has 1 heterocycles. The lowest BCUT2D eigenvalue weighted by Crippen LogP contribution is -2.38. The highest BCUT2D eigenvalue weighted by molar-refractivity contribution is 5.97. The lowest BCUT2D eigenvalue weighted by Gasteiger charge is -2.25. The molecule has 0 unspecified atom stereocenters. The van der Waals surface area contributed by atoms with Gasteiger partial charge < -0.3 is 10.0 Å². The summed E-state index contributed by atoms with van der Waals surface area (Å²) in [6.45, 7) is 6.83. The smallest absolute Gasteiger partial charge is 0.254 e. The van der Waals surface area contributed by atoms with Gasteiger partial charge in [-0.15, -0.1) is 0 Å². The van der Waals surface area contributed by atoms with Crippen LogP contribution in [0.1, 0.15) is 39.9 Å². The van der Waals surface area contributed by atoms with E-state index in [1.807, 2.05) is 37.8 Å². The second-order valence-electron chi connectivity index (χ2n) is 5.25. The Hall–Kier alpha value is -1.35. The van der Waals surface area contributed by atoms with Gasteiger partial charge in [-0.1, -0.05) is 17.7 Å². The number of hydrogen-bond acceptors (Lipinski definition) is 2. The molecule has 0 radical (unpaired) electrons. The molecular weight excluding hydrogens is 226 g/mol. The van der Waals surface area contributed by atoms with E-state index in [-0.39, 0.29) is 18.6 Å². The van der Waals surface area contributed by atoms with Gasteiger partial charge in [0.25, 0.3) is 5.91 Å². The maximum Gasteiger partial charge on any atom is 0.254 e. The summed E-state index contributed by atoms with van der Waals surface area (Å²) in [4.78, 5) is 14.4. The molecule has 0 bridgehead atoms. The summed E-state index contributed by atoms with van der Waals surface area (Å²) in [5.74, 6) is 0.0709. The molecule has 1 saturated heterocycles. The van der Waals surface area contributed by atoms with Crippen molar-refractivity contribution in [2.75, 3.05) is 13.2 Å². The number of carbonyl (C=O) groups excluding carboxylic acids is 1. The Morgan fingerprint density at radius 2 is 1.94 bits per heavy atom. The molecule has 1 fully saturated rings. The van der Waals surface area contributed by atoms with E-state index < -0.39 is 0 Å². The zero-order chi connectivity index (χ0) is 13.3. The normalized spacial score (nSPS) is 19.3. The van der Waals surface area contributed by atoms with E-state index in [0.717, 1.165) is 36.1 Å². The maximum absolute atomic E-state index is 12.6. The molecular formula is C15H21NO2. The number of hydrogen-bond donors (Lipinski definition) is 1. The first-order valence-electron chi connectivity index (χ1n) is 6.54. The molecule has 1 aliphatic heterocycles. The van der Waals surface area contributed by atoms with Crippen LogP contribution in [0.5, 0.6) is 0 Å². The Balaban J connectivity index is 2.34. The van der Waals surface area contributed by atoms with Crippen LogP contribution in [0.25, 0.3) is 0 Å². The van der Waals surface area contributed by atoms with Gasteiger partial charge in [0.1, 0.15) is 0 Å². The Morgan fingerprint density at radius 1 is 1.33 bits per heavy atom. The van der Waals surface area contributed by atoms with Crippen LogP contribution in [0.3, 0.4) is 0 Å². The van der Waals surface area contributed by atoms with E-state index in [9.17, 15) is 9.90 Å². The molecule has 3 nitrogen and oxygen atoms in total. The van der Waals surface area contributed by atoms with Gasteiger partial charge in [-0.3, -0.25) is 4.79 Å². The molecule has 2 rings (SSSR count). The number of carbonyl (C=O) groups is 1. The van der Waals surface area contributed by atoms with Gasteiger partial charge in [-0.25, -0.2) is 0 Å². The summed E-state index contributed by atoms with van der Waals surface area (Å²) in [5, 5.41) is 9.32. The summed E-state index contributed by atoms with van der Waals surface area (Å²) in [5.41, 5.74) is 4.05. The van der Waals surface area contributed by atoms with E-state index in [1.54, 1.807) is 0 Å². The first-order valence-corrected chi connectivity index (χ1v) is 6.54. The highest BCUT2D eigenvalue weighted by atomic mass is 16.3. The minimum Gasteiger partial charge on any atom is -0.394 e. The van der Waals surface area contributed by atoms with Crippen LogP contribution in [-0.2, 0) is 0 Å². The molecule has 0 aromatic heterocycles. The number of nitrogens with zero attached hydrogens (tertiary/aromatic N) is 1. The molecule has 0 aliphatic carbocycles. The predicted molar refractivity (Wildman–Crippen MR) is 71.8 cm³/mol. The van der Waals surface area contributed by atoms with Crippen molar-refractivity contribution < 1.29 is 9.90 Å². The van der Waals surface area contributed by atoms with Gasteiger partial charge in [0, 0.05) is 12.1 Å². The van der Waals surface area contributed by atoms with Crippen molar-refractivity contribution in [2.45, 2.75) is 39.7 Å². The Morgan fingerprint density at radius 3 is 2.50 bits per heavy atom. The monoisotopic (exact) mass is 247 g/mol. The second-order valence-corrected chi connectivity index (χ2v) is 5.25. The quantitative estimate of drug-likeness (QED) is 0.870. The lowest BCUT2D eigenvalue weighted by atomic mass is 9.98. The fraction of sp³-hybridized carbons (Fsp3) is 0.533. The van der Waals surface area contributed by atoms with Crippen LogP contribution in [0.4, 0.5) is 0 Å². The molecule has 3 heteroatoms. The molecule has 1 aliphatic rings. The van der Waals surface area contributed by atoms with Crippen molar-refractivity contribution in [3.05, 3.63) is 34.4 Å². The van der Waals surface area contributed by atoms with Crippen LogP contribution >= 0.6 is 0 Å². The average Bonchev–Trinajstić information content (AvgIpc) is 2.75. The van der Waals surface area contributed by atoms with Crippen LogP contribution in [-0.4, -0.2) is 35.1 Å². The Labute approximate surface area is 108 Å². The molecule has 1 atom stereocenters. The van der Waals surface area contributed by atoms with Crippen molar-refractivity contribution >= 4 is 5.91 Å². The SMILES string of the molecule is Cc1cc(C)c(C(=O)N2CCC[C@@H]2CO)c(C)c1. The van der Waals surface area contributed by atoms with Crippen LogP contribution < -0.4 is 0 Å². The maximum atomic E-state index is 12.6. The van der Waals surface area contributed by atoms with Gasteiger partial charge in [-0.2, -0.15) is 0 Å². The van der Waals surface area contributed by atoms with E-state index in [0.29, 0.717) is 0 Å². The molecule has 98 valence electrons. The van der Waals surface area contributed by atoms with Gasteiger partial charge in [0.05, 0.1) is 12.6 Å². The van der Waals surface area contributed by atoms with Gasteiger partial charge in [-0.05, 0) is 44.7 Å². The number of aryl methyl sites for hydroxylation is 3. The van der Waals surface area contributed by atoms with E-state index >= 15 is 0 Å². The number of rotatable bonds is 2. The summed E-state index contributed by atoms with van der Waals surface area (Å²) in [6.07, 6.45) is 1.90. The second kappa shape index (κ2) is 5.11. The molecule has 0 spiro atoms. The minimum atomic E-state index is -0.00222. The first-order chi connectivity index (χ1) is 8.54. The molecule has 1 N–H and O–H groups in total. The fourth-order valence-corrected chi connectivity index (χ4v) is 2.95. The summed E-state index contributed by atoms with van der Waals surface area (Å²) in [7, 11) is 0. The number of benzene rings is 1. The predicted octanol–water partition coefficient (Wildman–Crippen LogP) is 2.21. The minimum absolute atomic E-state index is 0.00222. The molecule has 18 heavy (non-hydrogen) atoms. The number of amides is 1. The van der Waals surface area contributed by atoms with Crippen LogP contribution in [0.15, 0.2) is 12.1 Å². The summed E-state index contributed by atoms with van der Waals surface area (Å²) >= 11 is 0. The standard InChI is InChI=1S/C15H21NO2/c1-10-7-11(2)14(12(3)8-10)15(18)16-6-4-5-13(16)9-17/h7-8,13,17H,4-6,9H2,1-3H3/t13-/m1/s1. The molecule has 1 aromatic carbocycles. The van der Waals surface area contributed by atoms with Crippen LogP contribution in [0.2, 0.25) is 0 Å². The van der Waals surface area contributed by atoms with Gasteiger partial charge in [0.15, 0.2) is 0 Å². The molecule has 0 saturated carbocycles. The molecule has 1 amide bonds. The fourth-order valence-electron chi connectivity index (χ4n) is 2.95. The van der Waals surface area contributed by atoms with Crippen molar-refractivity contribution in [3.63, 3.8) is 0 Å². The molecule has 1 aromatic rings. The number of aliphatic hydroxyl groups is 1. The number of likely N-dealkylation sites (tertiary alicyclic amines) is 1. The van der Waals surface area contributed by atoms with E-state index in [2.05, 4.69) is 0 Å². The highest BCUT2D eigenvalue weighted by Crippen LogP contribution is 2.24. The topological polar surface area (TPSA) is 40.5 Å². The van der Waals surface area contributed by atoms with Gasteiger partial charge >= 0.3 is 0 Å². The van der Waals surface area contributed by atoms with E-state index in [4.69, 9.17) is 0 Å². The van der Waals surface area contributed by atoms with Crippen molar-refractivity contribution in [3.8, 4) is 0 Å². The average molecular weight is 247 g/mol. The largest absolute Gasteiger partial charge is 0.394 e. The van der Waals surface area contributed by atoms with Crippen LogP contribution in [0, 0.1) is 20.8 Å². The van der Waals surface area contributed by atoms with E-state index in [1.165, 1.54) is 5.56 Å². The van der Waals surface area contributed by atoms with Crippen molar-refractivity contribution in [1.82, 2.24) is 4.90 Å². The Kier molecular flexibility index (Phi) is 3.71. The third-order valence-electron chi connectivity index (χ3n) is 3.74. The van der Waals surface area contributed by atoms with Crippen molar-refractivity contribution in [2.24, 2.45) is 0 Å².